The van der Waals surface area contributed by atoms with E-state index in [2.05, 4.69) is 0 Å². The molecule has 2 aromatic carbocycles. The minimum absolute atomic E-state index is 0.312. The molecule has 0 bridgehead atoms. The van der Waals surface area contributed by atoms with Gasteiger partial charge in [-0.1, -0.05) is 30.3 Å². The molecule has 1 heterocycles. The molecule has 3 aromatic rings. The van der Waals surface area contributed by atoms with E-state index in [9.17, 15) is 13.5 Å². The average Bonchev–Trinajstić information content (AvgIpc) is 2.84. The van der Waals surface area contributed by atoms with Gasteiger partial charge in [0.25, 0.3) is 0 Å². The zero-order chi connectivity index (χ0) is 16.8. The smallest absolute Gasteiger partial charge is 0.236 e. The standard InChI is InChI=1S/C18H19NO3S/c1-12-8-14(9-13(2)18(12)20)10-15-11-19(23(3,21)22)17-7-5-4-6-16(15)17/h4-9,11,20H,10H2,1-3H3. The fourth-order valence-electron chi connectivity index (χ4n) is 3.00. The molecular weight excluding hydrogens is 310 g/mol. The minimum Gasteiger partial charge on any atom is -0.507 e. The number of hydrogen-bond acceptors (Lipinski definition) is 3. The Morgan fingerprint density at radius 1 is 1.09 bits per heavy atom. The summed E-state index contributed by atoms with van der Waals surface area (Å²) in [6.45, 7) is 3.73. The molecule has 120 valence electrons. The molecule has 23 heavy (non-hydrogen) atoms. The van der Waals surface area contributed by atoms with Gasteiger partial charge >= 0.3 is 0 Å². The summed E-state index contributed by atoms with van der Waals surface area (Å²) in [6, 6.07) is 11.4. The second-order valence-corrected chi connectivity index (χ2v) is 7.84. The monoisotopic (exact) mass is 329 g/mol. The maximum atomic E-state index is 12.0. The fraction of sp³-hybridized carbons (Fsp3) is 0.222. The Hall–Kier alpha value is -2.27. The molecule has 0 aliphatic carbocycles. The SMILES string of the molecule is Cc1cc(Cc2cn(S(C)(=O)=O)c3ccccc23)cc(C)c1O. The molecule has 0 saturated heterocycles. The molecule has 5 heteroatoms. The summed E-state index contributed by atoms with van der Waals surface area (Å²) in [5.74, 6) is 0.312. The molecular formula is C18H19NO3S. The average molecular weight is 329 g/mol. The highest BCUT2D eigenvalue weighted by Gasteiger charge is 2.15. The number of phenolic OH excluding ortho intramolecular Hbond substituents is 1. The van der Waals surface area contributed by atoms with Crippen molar-refractivity contribution in [2.24, 2.45) is 0 Å². The molecule has 1 aromatic heterocycles. The second-order valence-electron chi connectivity index (χ2n) is 5.99. The summed E-state index contributed by atoms with van der Waals surface area (Å²) in [5.41, 5.74) is 4.35. The second kappa shape index (κ2) is 5.42. The fourth-order valence-corrected chi connectivity index (χ4v) is 3.84. The lowest BCUT2D eigenvalue weighted by molar-refractivity contribution is 0.466. The normalized spacial score (nSPS) is 12.0. The van der Waals surface area contributed by atoms with Crippen molar-refractivity contribution in [1.82, 2.24) is 3.97 Å². The minimum atomic E-state index is -3.35. The van der Waals surface area contributed by atoms with E-state index in [1.807, 2.05) is 50.2 Å². The van der Waals surface area contributed by atoms with Gasteiger partial charge < -0.3 is 5.11 Å². The third kappa shape index (κ3) is 2.84. The van der Waals surface area contributed by atoms with Crippen molar-refractivity contribution in [3.63, 3.8) is 0 Å². The topological polar surface area (TPSA) is 59.3 Å². The van der Waals surface area contributed by atoms with Gasteiger partial charge in [0.2, 0.25) is 10.0 Å². The first-order chi connectivity index (χ1) is 10.8. The van der Waals surface area contributed by atoms with Crippen molar-refractivity contribution in [2.75, 3.05) is 6.26 Å². The number of aryl methyl sites for hydroxylation is 2. The van der Waals surface area contributed by atoms with Crippen LogP contribution in [0.5, 0.6) is 5.75 Å². The molecule has 0 saturated carbocycles. The van der Waals surface area contributed by atoms with Gasteiger partial charge in [-0.15, -0.1) is 0 Å². The van der Waals surface area contributed by atoms with Gasteiger partial charge in [-0.2, -0.15) is 0 Å². The van der Waals surface area contributed by atoms with Gasteiger partial charge in [0.1, 0.15) is 5.75 Å². The Balaban J connectivity index is 2.15. The first kappa shape index (κ1) is 15.6. The molecule has 0 atom stereocenters. The summed E-state index contributed by atoms with van der Waals surface area (Å²) >= 11 is 0. The van der Waals surface area contributed by atoms with Crippen LogP contribution >= 0.6 is 0 Å². The first-order valence-electron chi connectivity index (χ1n) is 7.36. The van der Waals surface area contributed by atoms with E-state index in [1.54, 1.807) is 6.20 Å². The van der Waals surface area contributed by atoms with Crippen LogP contribution in [0, 0.1) is 13.8 Å². The van der Waals surface area contributed by atoms with Gasteiger partial charge in [-0.05, 0) is 48.6 Å². The molecule has 0 amide bonds. The summed E-state index contributed by atoms with van der Waals surface area (Å²) in [6.07, 6.45) is 3.51. The van der Waals surface area contributed by atoms with Gasteiger partial charge in [0, 0.05) is 11.6 Å². The molecule has 1 N–H and O–H groups in total. The lowest BCUT2D eigenvalue weighted by Gasteiger charge is -2.07. The number of hydrogen-bond donors (Lipinski definition) is 1. The van der Waals surface area contributed by atoms with Crippen molar-refractivity contribution in [3.05, 3.63) is 64.8 Å². The van der Waals surface area contributed by atoms with E-state index in [0.717, 1.165) is 27.6 Å². The highest BCUT2D eigenvalue weighted by molar-refractivity contribution is 7.89. The number of fused-ring (bicyclic) bond motifs is 1. The number of phenols is 1. The Bertz CT molecular complexity index is 977. The van der Waals surface area contributed by atoms with Crippen LogP contribution < -0.4 is 0 Å². The number of aromatic nitrogens is 1. The lowest BCUT2D eigenvalue weighted by atomic mass is 9.99. The Kier molecular flexibility index (Phi) is 3.68. The van der Waals surface area contributed by atoms with Gasteiger partial charge in [0.15, 0.2) is 0 Å². The first-order valence-corrected chi connectivity index (χ1v) is 9.21. The van der Waals surface area contributed by atoms with E-state index in [1.165, 1.54) is 10.2 Å². The summed E-state index contributed by atoms with van der Waals surface area (Å²) < 4.78 is 25.3. The third-order valence-electron chi connectivity index (χ3n) is 4.06. The van der Waals surface area contributed by atoms with Gasteiger partial charge in [0.05, 0.1) is 11.8 Å². The zero-order valence-electron chi connectivity index (χ0n) is 13.4. The Morgan fingerprint density at radius 2 is 1.70 bits per heavy atom. The van der Waals surface area contributed by atoms with E-state index in [0.29, 0.717) is 17.7 Å². The van der Waals surface area contributed by atoms with Crippen molar-refractivity contribution >= 4 is 20.9 Å². The highest BCUT2D eigenvalue weighted by atomic mass is 32.2. The lowest BCUT2D eigenvalue weighted by Crippen LogP contribution is -2.08. The van der Waals surface area contributed by atoms with Gasteiger partial charge in [-0.25, -0.2) is 12.4 Å². The quantitative estimate of drug-likeness (QED) is 0.801. The molecule has 3 rings (SSSR count). The summed E-state index contributed by atoms with van der Waals surface area (Å²) in [5, 5.41) is 10.8. The summed E-state index contributed by atoms with van der Waals surface area (Å²) in [4.78, 5) is 0. The molecule has 0 spiro atoms. The number of nitrogens with zero attached hydrogens (tertiary/aromatic N) is 1. The van der Waals surface area contributed by atoms with Crippen LogP contribution in [0.4, 0.5) is 0 Å². The largest absolute Gasteiger partial charge is 0.507 e. The number of rotatable bonds is 3. The number of benzene rings is 2. The zero-order valence-corrected chi connectivity index (χ0v) is 14.2. The van der Waals surface area contributed by atoms with Crippen LogP contribution in [0.25, 0.3) is 10.9 Å². The van der Waals surface area contributed by atoms with Crippen molar-refractivity contribution in [3.8, 4) is 5.75 Å². The van der Waals surface area contributed by atoms with Crippen LogP contribution in [0.15, 0.2) is 42.6 Å². The molecule has 0 unspecified atom stereocenters. The maximum absolute atomic E-state index is 12.0. The molecule has 0 aliphatic heterocycles. The van der Waals surface area contributed by atoms with E-state index >= 15 is 0 Å². The predicted molar refractivity (Wildman–Crippen MR) is 92.6 cm³/mol. The molecule has 0 fully saturated rings. The van der Waals surface area contributed by atoms with E-state index in [4.69, 9.17) is 0 Å². The third-order valence-corrected chi connectivity index (χ3v) is 5.08. The Morgan fingerprint density at radius 3 is 2.30 bits per heavy atom. The van der Waals surface area contributed by atoms with Crippen LogP contribution in [-0.4, -0.2) is 23.8 Å². The van der Waals surface area contributed by atoms with Crippen molar-refractivity contribution in [1.29, 1.82) is 0 Å². The molecule has 0 aliphatic rings. The molecule has 4 nitrogen and oxygen atoms in total. The van der Waals surface area contributed by atoms with Crippen molar-refractivity contribution in [2.45, 2.75) is 20.3 Å². The van der Waals surface area contributed by atoms with Crippen LogP contribution in [0.1, 0.15) is 22.3 Å². The molecule has 0 radical (unpaired) electrons. The van der Waals surface area contributed by atoms with Crippen LogP contribution in [-0.2, 0) is 16.4 Å². The van der Waals surface area contributed by atoms with Crippen LogP contribution in [0.2, 0.25) is 0 Å². The van der Waals surface area contributed by atoms with E-state index < -0.39 is 10.0 Å². The predicted octanol–water partition coefficient (Wildman–Crippen LogP) is 3.36. The van der Waals surface area contributed by atoms with Gasteiger partial charge in [-0.3, -0.25) is 0 Å². The van der Waals surface area contributed by atoms with E-state index in [-0.39, 0.29) is 0 Å². The maximum Gasteiger partial charge on any atom is 0.236 e. The Labute approximate surface area is 136 Å². The highest BCUT2D eigenvalue weighted by Crippen LogP contribution is 2.28. The summed E-state index contributed by atoms with van der Waals surface area (Å²) in [7, 11) is -3.35. The van der Waals surface area contributed by atoms with Crippen molar-refractivity contribution < 1.29 is 13.5 Å². The number of para-hydroxylation sites is 1. The van der Waals surface area contributed by atoms with Crippen LogP contribution in [0.3, 0.4) is 0 Å². The number of aromatic hydroxyl groups is 1.